The molecule has 1 aromatic heterocycles. The van der Waals surface area contributed by atoms with Crippen LogP contribution in [0.2, 0.25) is 5.02 Å². The van der Waals surface area contributed by atoms with Crippen molar-refractivity contribution in [2.75, 3.05) is 6.54 Å². The predicted octanol–water partition coefficient (Wildman–Crippen LogP) is 4.15. The number of nitriles is 1. The number of halogens is 2. The van der Waals surface area contributed by atoms with E-state index < -0.39 is 17.5 Å². The predicted molar refractivity (Wildman–Crippen MR) is 147 cm³/mol. The minimum Gasteiger partial charge on any atom is -0.331 e. The molecule has 2 heterocycles. The van der Waals surface area contributed by atoms with Crippen molar-refractivity contribution in [1.29, 1.82) is 5.26 Å². The Morgan fingerprint density at radius 3 is 2.31 bits per heavy atom. The number of nitrogens with zero attached hydrogens (tertiary/aromatic N) is 4. The van der Waals surface area contributed by atoms with E-state index in [2.05, 4.69) is 21.2 Å². The standard InChI is InChI=1S/C28H19BrClN5O4/c29-21-11-8-19(14-22(21)30)27(38)33-12-13-34-23(16-33)24(26(37)32-25(36)18-4-2-1-3-5-18)35(28(34)39)20-9-6-17(15-31)7-10-20/h1-11,14H,12-13,16H2,(H,32,36,37). The first kappa shape index (κ1) is 26.2. The van der Waals surface area contributed by atoms with Gasteiger partial charge in [-0.1, -0.05) is 29.8 Å². The maximum absolute atomic E-state index is 13.6. The van der Waals surface area contributed by atoms with Crippen LogP contribution in [0.3, 0.4) is 0 Å². The minimum absolute atomic E-state index is 0.0483. The number of carbonyl (C=O) groups is 3. The summed E-state index contributed by atoms with van der Waals surface area (Å²) in [6.07, 6.45) is 0. The van der Waals surface area contributed by atoms with Crippen LogP contribution in [-0.4, -0.2) is 38.3 Å². The fourth-order valence-corrected chi connectivity index (χ4v) is 4.85. The van der Waals surface area contributed by atoms with Crippen molar-refractivity contribution in [3.63, 3.8) is 0 Å². The Morgan fingerprint density at radius 2 is 1.64 bits per heavy atom. The number of rotatable bonds is 4. The van der Waals surface area contributed by atoms with E-state index in [1.54, 1.807) is 60.7 Å². The van der Waals surface area contributed by atoms with Crippen LogP contribution in [0.4, 0.5) is 0 Å². The van der Waals surface area contributed by atoms with Gasteiger partial charge in [0.25, 0.3) is 17.7 Å². The van der Waals surface area contributed by atoms with Gasteiger partial charge in [-0.2, -0.15) is 5.26 Å². The van der Waals surface area contributed by atoms with Gasteiger partial charge >= 0.3 is 5.69 Å². The van der Waals surface area contributed by atoms with E-state index in [0.717, 1.165) is 0 Å². The number of benzene rings is 3. The quantitative estimate of drug-likeness (QED) is 0.351. The Kier molecular flexibility index (Phi) is 7.19. The van der Waals surface area contributed by atoms with Gasteiger partial charge in [0.05, 0.1) is 34.6 Å². The van der Waals surface area contributed by atoms with Crippen LogP contribution in [0.5, 0.6) is 0 Å². The van der Waals surface area contributed by atoms with Crippen molar-refractivity contribution in [3.8, 4) is 11.8 Å². The molecule has 0 fully saturated rings. The third-order valence-corrected chi connectivity index (χ3v) is 7.60. The van der Waals surface area contributed by atoms with E-state index in [4.69, 9.17) is 11.6 Å². The van der Waals surface area contributed by atoms with Gasteiger partial charge in [-0.3, -0.25) is 28.8 Å². The molecule has 0 radical (unpaired) electrons. The summed E-state index contributed by atoms with van der Waals surface area (Å²) < 4.78 is 3.28. The van der Waals surface area contributed by atoms with Crippen molar-refractivity contribution in [2.45, 2.75) is 13.1 Å². The lowest BCUT2D eigenvalue weighted by atomic mass is 10.1. The van der Waals surface area contributed by atoms with Gasteiger partial charge in [-0.05, 0) is 70.5 Å². The molecule has 0 atom stereocenters. The molecule has 1 N–H and O–H groups in total. The lowest BCUT2D eigenvalue weighted by Gasteiger charge is -2.28. The summed E-state index contributed by atoms with van der Waals surface area (Å²) in [7, 11) is 0. The van der Waals surface area contributed by atoms with Crippen LogP contribution in [-0.2, 0) is 13.1 Å². The molecule has 3 amide bonds. The van der Waals surface area contributed by atoms with E-state index in [1.165, 1.54) is 26.2 Å². The topological polar surface area (TPSA) is 117 Å². The molecule has 5 rings (SSSR count). The fraction of sp³-hybridized carbons (Fsp3) is 0.107. The zero-order chi connectivity index (χ0) is 27.7. The Labute approximate surface area is 236 Å². The Morgan fingerprint density at radius 1 is 0.923 bits per heavy atom. The maximum Gasteiger partial charge on any atom is 0.333 e. The molecule has 0 saturated heterocycles. The minimum atomic E-state index is -0.792. The van der Waals surface area contributed by atoms with Crippen molar-refractivity contribution in [2.24, 2.45) is 0 Å². The molecule has 9 nitrogen and oxygen atoms in total. The molecule has 194 valence electrons. The summed E-state index contributed by atoms with van der Waals surface area (Å²) in [5, 5.41) is 11.9. The molecular formula is C28H19BrClN5O4. The van der Waals surface area contributed by atoms with E-state index in [-0.39, 0.29) is 42.5 Å². The molecular weight excluding hydrogens is 586 g/mol. The normalized spacial score (nSPS) is 12.4. The summed E-state index contributed by atoms with van der Waals surface area (Å²) in [5.41, 5.74) is 1.07. The number of imidazole rings is 1. The van der Waals surface area contributed by atoms with E-state index >= 15 is 0 Å². The smallest absolute Gasteiger partial charge is 0.331 e. The number of imide groups is 1. The molecule has 1 aliphatic rings. The monoisotopic (exact) mass is 603 g/mol. The molecule has 1 aliphatic heterocycles. The SMILES string of the molecule is N#Cc1ccc(-n2c(C(=O)NC(=O)c3ccccc3)c3n(c2=O)CCN(C(=O)c2ccc(Br)c(Cl)c2)C3)cc1. The molecule has 0 bridgehead atoms. The van der Waals surface area contributed by atoms with Gasteiger partial charge in [0.1, 0.15) is 5.69 Å². The third kappa shape index (κ3) is 5.02. The zero-order valence-electron chi connectivity index (χ0n) is 20.2. The number of fused-ring (bicyclic) bond motifs is 1. The number of hydrogen-bond acceptors (Lipinski definition) is 5. The molecule has 3 aromatic carbocycles. The lowest BCUT2D eigenvalue weighted by molar-refractivity contribution is 0.0704. The van der Waals surface area contributed by atoms with Crippen molar-refractivity contribution < 1.29 is 14.4 Å². The van der Waals surface area contributed by atoms with Gasteiger partial charge < -0.3 is 4.90 Å². The van der Waals surface area contributed by atoms with Crippen LogP contribution < -0.4 is 11.0 Å². The van der Waals surface area contributed by atoms with Crippen LogP contribution in [0.1, 0.15) is 42.5 Å². The average Bonchev–Trinajstić information content (AvgIpc) is 3.26. The van der Waals surface area contributed by atoms with Crippen LogP contribution in [0.25, 0.3) is 5.69 Å². The molecule has 0 spiro atoms. The van der Waals surface area contributed by atoms with Crippen molar-refractivity contribution in [1.82, 2.24) is 19.4 Å². The second-order valence-corrected chi connectivity index (χ2v) is 9.99. The van der Waals surface area contributed by atoms with Crippen LogP contribution >= 0.6 is 27.5 Å². The number of amides is 3. The van der Waals surface area contributed by atoms with Gasteiger partial charge in [0, 0.05) is 28.7 Å². The number of nitrogens with one attached hydrogen (secondary N) is 1. The largest absolute Gasteiger partial charge is 0.333 e. The second kappa shape index (κ2) is 10.7. The number of carbonyl (C=O) groups excluding carboxylic acids is 3. The molecule has 0 saturated carbocycles. The highest BCUT2D eigenvalue weighted by molar-refractivity contribution is 9.10. The summed E-state index contributed by atoms with van der Waals surface area (Å²) >= 11 is 9.50. The highest BCUT2D eigenvalue weighted by Crippen LogP contribution is 2.26. The lowest BCUT2D eigenvalue weighted by Crippen LogP contribution is -2.41. The molecule has 11 heteroatoms. The van der Waals surface area contributed by atoms with Crippen molar-refractivity contribution in [3.05, 3.63) is 121 Å². The zero-order valence-corrected chi connectivity index (χ0v) is 22.6. The highest BCUT2D eigenvalue weighted by Gasteiger charge is 2.33. The first-order chi connectivity index (χ1) is 18.8. The average molecular weight is 605 g/mol. The van der Waals surface area contributed by atoms with Crippen LogP contribution in [0, 0.1) is 11.3 Å². The van der Waals surface area contributed by atoms with Gasteiger partial charge in [-0.25, -0.2) is 4.79 Å². The summed E-state index contributed by atoms with van der Waals surface area (Å²) in [6, 6.07) is 21.2. The highest BCUT2D eigenvalue weighted by atomic mass is 79.9. The van der Waals surface area contributed by atoms with Crippen molar-refractivity contribution >= 4 is 45.3 Å². The number of hydrogen-bond donors (Lipinski definition) is 1. The third-order valence-electron chi connectivity index (χ3n) is 6.37. The Bertz CT molecular complexity index is 1720. The van der Waals surface area contributed by atoms with E-state index in [1.807, 2.05) is 6.07 Å². The first-order valence-electron chi connectivity index (χ1n) is 11.8. The summed E-state index contributed by atoms with van der Waals surface area (Å²) in [5.74, 6) is -1.74. The maximum atomic E-state index is 13.6. The Hall–Kier alpha value is -4.46. The van der Waals surface area contributed by atoms with Gasteiger partial charge in [0.2, 0.25) is 0 Å². The number of aromatic nitrogens is 2. The van der Waals surface area contributed by atoms with E-state index in [9.17, 15) is 24.4 Å². The second-order valence-electron chi connectivity index (χ2n) is 8.73. The molecule has 4 aromatic rings. The first-order valence-corrected chi connectivity index (χ1v) is 13.0. The fourth-order valence-electron chi connectivity index (χ4n) is 4.43. The molecule has 39 heavy (non-hydrogen) atoms. The molecule has 0 aliphatic carbocycles. The summed E-state index contributed by atoms with van der Waals surface area (Å²) in [4.78, 5) is 54.8. The summed E-state index contributed by atoms with van der Waals surface area (Å²) in [6.45, 7) is 0.314. The van der Waals surface area contributed by atoms with Gasteiger partial charge in [-0.15, -0.1) is 0 Å². The Balaban J connectivity index is 1.57. The molecule has 0 unspecified atom stereocenters. The van der Waals surface area contributed by atoms with E-state index in [0.29, 0.717) is 26.3 Å². The van der Waals surface area contributed by atoms with Gasteiger partial charge in [0.15, 0.2) is 0 Å². The van der Waals surface area contributed by atoms with Crippen LogP contribution in [0.15, 0.2) is 82.1 Å².